The van der Waals surface area contributed by atoms with E-state index in [0.29, 0.717) is 10.6 Å². The van der Waals surface area contributed by atoms with Crippen molar-refractivity contribution in [3.8, 4) is 0 Å². The van der Waals surface area contributed by atoms with Gasteiger partial charge in [-0.25, -0.2) is 4.98 Å². The number of benzene rings is 1. The average Bonchev–Trinajstić information content (AvgIpc) is 2.65. The number of Topliss-reactive ketones (excluding diaryl/α,β-unsaturated/α-hetero) is 1. The standard InChI is InChI=1S/C12H11ClN2O/c1-9-14-6-7-15(9)8-12(16)10-4-2-3-5-11(10)13/h2-7H,8H2,1H3. The Balaban J connectivity index is 2.22. The van der Waals surface area contributed by atoms with Crippen molar-refractivity contribution in [1.29, 1.82) is 0 Å². The molecule has 0 aliphatic heterocycles. The lowest BCUT2D eigenvalue weighted by Crippen LogP contribution is -2.11. The monoisotopic (exact) mass is 234 g/mol. The van der Waals surface area contributed by atoms with Crippen LogP contribution < -0.4 is 0 Å². The number of hydrogen-bond acceptors (Lipinski definition) is 2. The van der Waals surface area contributed by atoms with E-state index >= 15 is 0 Å². The molecule has 1 aromatic carbocycles. The molecule has 0 saturated heterocycles. The van der Waals surface area contributed by atoms with Crippen LogP contribution in [0.1, 0.15) is 16.2 Å². The summed E-state index contributed by atoms with van der Waals surface area (Å²) in [4.78, 5) is 16.0. The van der Waals surface area contributed by atoms with E-state index < -0.39 is 0 Å². The van der Waals surface area contributed by atoms with Gasteiger partial charge in [-0.05, 0) is 19.1 Å². The van der Waals surface area contributed by atoms with Crippen LogP contribution in [0.3, 0.4) is 0 Å². The minimum absolute atomic E-state index is 0.00769. The molecule has 0 fully saturated rings. The number of carbonyl (C=O) groups is 1. The van der Waals surface area contributed by atoms with Crippen molar-refractivity contribution in [2.24, 2.45) is 0 Å². The Morgan fingerprint density at radius 3 is 2.81 bits per heavy atom. The first kappa shape index (κ1) is 10.9. The van der Waals surface area contributed by atoms with Gasteiger partial charge in [0, 0.05) is 18.0 Å². The van der Waals surface area contributed by atoms with E-state index in [1.165, 1.54) is 0 Å². The first-order valence-corrected chi connectivity index (χ1v) is 5.32. The number of rotatable bonds is 3. The molecule has 0 unspecified atom stereocenters. The van der Waals surface area contributed by atoms with Crippen LogP contribution in [0.5, 0.6) is 0 Å². The molecule has 0 spiro atoms. The fourth-order valence-electron chi connectivity index (χ4n) is 1.50. The third-order valence-electron chi connectivity index (χ3n) is 2.41. The zero-order valence-corrected chi connectivity index (χ0v) is 9.61. The van der Waals surface area contributed by atoms with Gasteiger partial charge in [0.1, 0.15) is 5.82 Å². The Hall–Kier alpha value is -1.61. The second-order valence-corrected chi connectivity index (χ2v) is 3.91. The van der Waals surface area contributed by atoms with E-state index in [9.17, 15) is 4.79 Å². The SMILES string of the molecule is Cc1nccn1CC(=O)c1ccccc1Cl. The van der Waals surface area contributed by atoms with Gasteiger partial charge in [-0.3, -0.25) is 4.79 Å². The van der Waals surface area contributed by atoms with Gasteiger partial charge in [0.2, 0.25) is 0 Å². The van der Waals surface area contributed by atoms with Crippen LogP contribution in [0.2, 0.25) is 5.02 Å². The molecule has 0 saturated carbocycles. The zero-order chi connectivity index (χ0) is 11.5. The first-order chi connectivity index (χ1) is 7.68. The van der Waals surface area contributed by atoms with Crippen molar-refractivity contribution in [3.05, 3.63) is 53.1 Å². The second-order valence-electron chi connectivity index (χ2n) is 3.51. The lowest BCUT2D eigenvalue weighted by atomic mass is 10.1. The number of aryl methyl sites for hydroxylation is 1. The van der Waals surface area contributed by atoms with Crippen LogP contribution >= 0.6 is 11.6 Å². The maximum absolute atomic E-state index is 12.0. The predicted octanol–water partition coefficient (Wildman–Crippen LogP) is 2.73. The summed E-state index contributed by atoms with van der Waals surface area (Å²) in [7, 11) is 0. The van der Waals surface area contributed by atoms with Crippen LogP contribution in [0, 0.1) is 6.92 Å². The van der Waals surface area contributed by atoms with E-state index in [1.807, 2.05) is 13.0 Å². The van der Waals surface area contributed by atoms with Gasteiger partial charge < -0.3 is 4.57 Å². The largest absolute Gasteiger partial charge is 0.327 e. The van der Waals surface area contributed by atoms with E-state index in [-0.39, 0.29) is 12.3 Å². The van der Waals surface area contributed by atoms with E-state index in [0.717, 1.165) is 5.82 Å². The minimum atomic E-state index is -0.00769. The molecule has 0 aliphatic rings. The van der Waals surface area contributed by atoms with Gasteiger partial charge in [0.15, 0.2) is 5.78 Å². The maximum atomic E-state index is 12.0. The smallest absolute Gasteiger partial charge is 0.184 e. The van der Waals surface area contributed by atoms with Gasteiger partial charge in [-0.2, -0.15) is 0 Å². The van der Waals surface area contributed by atoms with Crippen LogP contribution in [-0.2, 0) is 6.54 Å². The molecule has 4 heteroatoms. The van der Waals surface area contributed by atoms with Crippen molar-refractivity contribution in [2.45, 2.75) is 13.5 Å². The molecule has 0 aliphatic carbocycles. The summed E-state index contributed by atoms with van der Waals surface area (Å²) in [6, 6.07) is 7.06. The van der Waals surface area contributed by atoms with E-state index in [4.69, 9.17) is 11.6 Å². The van der Waals surface area contributed by atoms with Crippen molar-refractivity contribution >= 4 is 17.4 Å². The highest BCUT2D eigenvalue weighted by Gasteiger charge is 2.10. The topological polar surface area (TPSA) is 34.9 Å². The Morgan fingerprint density at radius 2 is 2.19 bits per heavy atom. The van der Waals surface area contributed by atoms with Crippen LogP contribution in [0.25, 0.3) is 0 Å². The fraction of sp³-hybridized carbons (Fsp3) is 0.167. The van der Waals surface area contributed by atoms with Crippen molar-refractivity contribution in [2.75, 3.05) is 0 Å². The van der Waals surface area contributed by atoms with E-state index in [2.05, 4.69) is 4.98 Å². The molecule has 0 bridgehead atoms. The Labute approximate surface area is 98.7 Å². The van der Waals surface area contributed by atoms with Gasteiger partial charge in [-0.1, -0.05) is 23.7 Å². The normalized spacial score (nSPS) is 10.4. The number of imidazole rings is 1. The number of aromatic nitrogens is 2. The molecular formula is C12H11ClN2O. The lowest BCUT2D eigenvalue weighted by Gasteiger charge is -2.05. The summed E-state index contributed by atoms with van der Waals surface area (Å²) in [5, 5.41) is 0.491. The summed E-state index contributed by atoms with van der Waals surface area (Å²) < 4.78 is 1.80. The quantitative estimate of drug-likeness (QED) is 0.766. The molecule has 2 rings (SSSR count). The van der Waals surface area contributed by atoms with Crippen LogP contribution in [0.4, 0.5) is 0 Å². The molecular weight excluding hydrogens is 224 g/mol. The number of halogens is 1. The molecule has 16 heavy (non-hydrogen) atoms. The van der Waals surface area contributed by atoms with Crippen molar-refractivity contribution in [1.82, 2.24) is 9.55 Å². The minimum Gasteiger partial charge on any atom is -0.327 e. The lowest BCUT2D eigenvalue weighted by molar-refractivity contribution is 0.0971. The van der Waals surface area contributed by atoms with Gasteiger partial charge in [0.25, 0.3) is 0 Å². The van der Waals surface area contributed by atoms with E-state index in [1.54, 1.807) is 35.2 Å². The predicted molar refractivity (Wildman–Crippen MR) is 62.7 cm³/mol. The molecule has 0 N–H and O–H groups in total. The van der Waals surface area contributed by atoms with Crippen LogP contribution in [-0.4, -0.2) is 15.3 Å². The van der Waals surface area contributed by atoms with Gasteiger partial charge in [-0.15, -0.1) is 0 Å². The summed E-state index contributed by atoms with van der Waals surface area (Å²) in [5.74, 6) is 0.812. The van der Waals surface area contributed by atoms with Gasteiger partial charge >= 0.3 is 0 Å². The Bertz CT molecular complexity index is 519. The summed E-state index contributed by atoms with van der Waals surface area (Å²) in [5.41, 5.74) is 0.553. The Kier molecular flexibility index (Phi) is 3.06. The van der Waals surface area contributed by atoms with Crippen molar-refractivity contribution < 1.29 is 4.79 Å². The molecule has 1 heterocycles. The number of hydrogen-bond donors (Lipinski definition) is 0. The maximum Gasteiger partial charge on any atom is 0.184 e. The van der Waals surface area contributed by atoms with Crippen LogP contribution in [0.15, 0.2) is 36.7 Å². The first-order valence-electron chi connectivity index (χ1n) is 4.94. The summed E-state index contributed by atoms with van der Waals surface area (Å²) in [6.45, 7) is 2.13. The number of nitrogens with zero attached hydrogens (tertiary/aromatic N) is 2. The molecule has 0 radical (unpaired) electrons. The highest BCUT2D eigenvalue weighted by atomic mass is 35.5. The van der Waals surface area contributed by atoms with Gasteiger partial charge in [0.05, 0.1) is 11.6 Å². The highest BCUT2D eigenvalue weighted by molar-refractivity contribution is 6.33. The third-order valence-corrected chi connectivity index (χ3v) is 2.74. The second kappa shape index (κ2) is 4.49. The molecule has 0 amide bonds. The third kappa shape index (κ3) is 2.14. The molecule has 0 atom stereocenters. The highest BCUT2D eigenvalue weighted by Crippen LogP contribution is 2.16. The zero-order valence-electron chi connectivity index (χ0n) is 8.85. The Morgan fingerprint density at radius 1 is 1.44 bits per heavy atom. The van der Waals surface area contributed by atoms with Crippen molar-refractivity contribution in [3.63, 3.8) is 0 Å². The fourth-order valence-corrected chi connectivity index (χ4v) is 1.74. The summed E-state index contributed by atoms with van der Waals surface area (Å²) in [6.07, 6.45) is 3.46. The number of carbonyl (C=O) groups excluding carboxylic acids is 1. The molecule has 2 aromatic rings. The summed E-state index contributed by atoms with van der Waals surface area (Å²) >= 11 is 5.95. The molecule has 1 aromatic heterocycles. The molecule has 82 valence electrons. The molecule has 3 nitrogen and oxygen atoms in total. The average molecular weight is 235 g/mol. The number of ketones is 1.